The molecule has 0 heterocycles. The topological polar surface area (TPSA) is 44.8 Å². The van der Waals surface area contributed by atoms with Gasteiger partial charge >= 0.3 is 5.97 Å². The Morgan fingerprint density at radius 3 is 2.68 bits per heavy atom. The second-order valence-electron chi connectivity index (χ2n) is 4.31. The maximum absolute atomic E-state index is 11.9. The highest BCUT2D eigenvalue weighted by Gasteiger charge is 2.11. The summed E-state index contributed by atoms with van der Waals surface area (Å²) in [6.07, 6.45) is 1.89. The van der Waals surface area contributed by atoms with Crippen LogP contribution in [-0.2, 0) is 9.47 Å². The average molecular weight is 266 g/mol. The highest BCUT2D eigenvalue weighted by molar-refractivity contribution is 5.91. The normalized spacial score (nSPS) is 10.3. The van der Waals surface area contributed by atoms with Crippen molar-refractivity contribution in [3.8, 4) is 5.75 Å². The van der Waals surface area contributed by atoms with Crippen LogP contribution in [0.15, 0.2) is 18.2 Å². The minimum Gasteiger partial charge on any atom is -0.491 e. The van der Waals surface area contributed by atoms with Gasteiger partial charge in [0.25, 0.3) is 0 Å². The fourth-order valence-electron chi connectivity index (χ4n) is 1.54. The molecule has 0 fully saturated rings. The lowest BCUT2D eigenvalue weighted by Gasteiger charge is -2.10. The highest BCUT2D eigenvalue weighted by atomic mass is 16.5. The number of aryl methyl sites for hydroxylation is 1. The van der Waals surface area contributed by atoms with Crippen molar-refractivity contribution in [2.24, 2.45) is 0 Å². The van der Waals surface area contributed by atoms with E-state index in [2.05, 4.69) is 6.92 Å². The molecule has 0 radical (unpaired) electrons. The summed E-state index contributed by atoms with van der Waals surface area (Å²) in [5.41, 5.74) is 1.45. The lowest BCUT2D eigenvalue weighted by atomic mass is 10.1. The van der Waals surface area contributed by atoms with Gasteiger partial charge in [-0.1, -0.05) is 19.4 Å². The molecule has 0 aliphatic heterocycles. The van der Waals surface area contributed by atoms with Gasteiger partial charge in [0.2, 0.25) is 0 Å². The number of methoxy groups -OCH3 is 1. The molecule has 0 aliphatic rings. The van der Waals surface area contributed by atoms with Gasteiger partial charge in [0.1, 0.15) is 12.4 Å². The zero-order valence-electron chi connectivity index (χ0n) is 11.9. The van der Waals surface area contributed by atoms with E-state index in [4.69, 9.17) is 14.2 Å². The lowest BCUT2D eigenvalue weighted by Crippen LogP contribution is -2.09. The predicted octanol–water partition coefficient (Wildman–Crippen LogP) is 2.98. The van der Waals surface area contributed by atoms with Crippen LogP contribution in [0.2, 0.25) is 0 Å². The summed E-state index contributed by atoms with van der Waals surface area (Å²) >= 11 is 0. The monoisotopic (exact) mass is 266 g/mol. The first kappa shape index (κ1) is 15.5. The molecule has 0 atom stereocenters. The van der Waals surface area contributed by atoms with E-state index in [-0.39, 0.29) is 5.97 Å². The van der Waals surface area contributed by atoms with E-state index in [1.54, 1.807) is 13.2 Å². The summed E-state index contributed by atoms with van der Waals surface area (Å²) in [6.45, 7) is 5.39. The van der Waals surface area contributed by atoms with E-state index in [9.17, 15) is 4.79 Å². The zero-order valence-corrected chi connectivity index (χ0v) is 11.9. The molecule has 19 heavy (non-hydrogen) atoms. The second kappa shape index (κ2) is 8.53. The molecule has 4 nitrogen and oxygen atoms in total. The Balaban J connectivity index is 2.65. The summed E-state index contributed by atoms with van der Waals surface area (Å²) < 4.78 is 15.6. The summed E-state index contributed by atoms with van der Waals surface area (Å²) in [5, 5.41) is 0. The molecule has 0 amide bonds. The van der Waals surface area contributed by atoms with Crippen molar-refractivity contribution in [2.75, 3.05) is 26.9 Å². The molecule has 0 aromatic heterocycles. The molecule has 0 unspecified atom stereocenters. The van der Waals surface area contributed by atoms with Gasteiger partial charge in [-0.25, -0.2) is 4.79 Å². The first-order valence-electron chi connectivity index (χ1n) is 6.58. The third-order valence-electron chi connectivity index (χ3n) is 2.72. The summed E-state index contributed by atoms with van der Waals surface area (Å²) in [5.74, 6) is 0.369. The first-order chi connectivity index (χ1) is 9.19. The fraction of sp³-hybridized carbons (Fsp3) is 0.533. The average Bonchev–Trinajstić information content (AvgIpc) is 2.41. The number of unbranched alkanes of at least 4 members (excludes halogenated alkanes) is 1. The maximum Gasteiger partial charge on any atom is 0.338 e. The zero-order chi connectivity index (χ0) is 14.1. The van der Waals surface area contributed by atoms with Gasteiger partial charge in [-0.2, -0.15) is 0 Å². The van der Waals surface area contributed by atoms with E-state index in [0.717, 1.165) is 18.4 Å². The van der Waals surface area contributed by atoms with Crippen LogP contribution >= 0.6 is 0 Å². The molecule has 4 heteroatoms. The molecule has 0 saturated heterocycles. The van der Waals surface area contributed by atoms with Crippen LogP contribution in [0.1, 0.15) is 35.7 Å². The van der Waals surface area contributed by atoms with Crippen LogP contribution in [-0.4, -0.2) is 32.9 Å². The molecule has 0 aliphatic carbocycles. The Bertz CT molecular complexity index is 401. The van der Waals surface area contributed by atoms with Gasteiger partial charge in [0, 0.05) is 7.11 Å². The van der Waals surface area contributed by atoms with E-state index < -0.39 is 0 Å². The van der Waals surface area contributed by atoms with E-state index in [1.165, 1.54) is 0 Å². The van der Waals surface area contributed by atoms with Gasteiger partial charge in [-0.05, 0) is 31.0 Å². The fourth-order valence-corrected chi connectivity index (χ4v) is 1.54. The van der Waals surface area contributed by atoms with Crippen LogP contribution in [0, 0.1) is 6.92 Å². The van der Waals surface area contributed by atoms with Crippen LogP contribution in [0.25, 0.3) is 0 Å². The van der Waals surface area contributed by atoms with Crippen molar-refractivity contribution in [2.45, 2.75) is 26.7 Å². The molecule has 0 saturated carbocycles. The lowest BCUT2D eigenvalue weighted by molar-refractivity contribution is 0.0498. The van der Waals surface area contributed by atoms with E-state index in [0.29, 0.717) is 31.1 Å². The van der Waals surface area contributed by atoms with Crippen molar-refractivity contribution in [1.29, 1.82) is 0 Å². The van der Waals surface area contributed by atoms with Crippen molar-refractivity contribution >= 4 is 5.97 Å². The number of rotatable bonds is 8. The highest BCUT2D eigenvalue weighted by Crippen LogP contribution is 2.18. The van der Waals surface area contributed by atoms with Gasteiger partial charge in [0.05, 0.1) is 18.8 Å². The number of hydrogen-bond acceptors (Lipinski definition) is 4. The van der Waals surface area contributed by atoms with Gasteiger partial charge in [-0.15, -0.1) is 0 Å². The third-order valence-corrected chi connectivity index (χ3v) is 2.72. The molecule has 0 N–H and O–H groups in total. The molecule has 0 spiro atoms. The Kier molecular flexibility index (Phi) is 6.97. The van der Waals surface area contributed by atoms with Crippen molar-refractivity contribution in [3.05, 3.63) is 29.3 Å². The smallest absolute Gasteiger partial charge is 0.338 e. The largest absolute Gasteiger partial charge is 0.491 e. The van der Waals surface area contributed by atoms with Crippen molar-refractivity contribution in [3.63, 3.8) is 0 Å². The maximum atomic E-state index is 11.9. The van der Waals surface area contributed by atoms with Gasteiger partial charge < -0.3 is 14.2 Å². The van der Waals surface area contributed by atoms with Gasteiger partial charge in [0.15, 0.2) is 0 Å². The van der Waals surface area contributed by atoms with Crippen molar-refractivity contribution < 1.29 is 19.0 Å². The van der Waals surface area contributed by atoms with Crippen LogP contribution in [0.3, 0.4) is 0 Å². The van der Waals surface area contributed by atoms with E-state index >= 15 is 0 Å². The Hall–Kier alpha value is -1.55. The first-order valence-corrected chi connectivity index (χ1v) is 6.58. The Labute approximate surface area is 114 Å². The quantitative estimate of drug-likeness (QED) is 0.536. The number of carbonyl (C=O) groups excluding carboxylic acids is 1. The minimum absolute atomic E-state index is 0.289. The molecular weight excluding hydrogens is 244 g/mol. The van der Waals surface area contributed by atoms with Gasteiger partial charge in [-0.3, -0.25) is 0 Å². The summed E-state index contributed by atoms with van der Waals surface area (Å²) in [6, 6.07) is 5.42. The number of carbonyl (C=O) groups is 1. The number of hydrogen-bond donors (Lipinski definition) is 0. The minimum atomic E-state index is -0.289. The molecule has 1 aromatic carbocycles. The Morgan fingerprint density at radius 2 is 2.00 bits per heavy atom. The number of esters is 1. The molecule has 1 aromatic rings. The second-order valence-corrected chi connectivity index (χ2v) is 4.31. The van der Waals surface area contributed by atoms with Crippen LogP contribution in [0.4, 0.5) is 0 Å². The molecule has 1 rings (SSSR count). The Morgan fingerprint density at radius 1 is 1.21 bits per heavy atom. The standard InChI is InChI=1S/C15H22O4/c1-4-5-8-19-15(16)14-11-13(7-6-12(14)2)18-10-9-17-3/h6-7,11H,4-5,8-10H2,1-3H3. The third kappa shape index (κ3) is 5.30. The molecular formula is C15H22O4. The van der Waals surface area contributed by atoms with Crippen molar-refractivity contribution in [1.82, 2.24) is 0 Å². The number of ether oxygens (including phenoxy) is 3. The SMILES string of the molecule is CCCCOC(=O)c1cc(OCCOC)ccc1C. The summed E-state index contributed by atoms with van der Waals surface area (Å²) in [4.78, 5) is 11.9. The summed E-state index contributed by atoms with van der Waals surface area (Å²) in [7, 11) is 1.62. The number of benzene rings is 1. The van der Waals surface area contributed by atoms with Crippen LogP contribution in [0.5, 0.6) is 5.75 Å². The molecule has 0 bridgehead atoms. The predicted molar refractivity (Wildman–Crippen MR) is 73.7 cm³/mol. The van der Waals surface area contributed by atoms with Crippen LogP contribution < -0.4 is 4.74 Å². The van der Waals surface area contributed by atoms with E-state index in [1.807, 2.05) is 19.1 Å². The molecule has 106 valence electrons.